The van der Waals surface area contributed by atoms with Crippen LogP contribution >= 0.6 is 11.8 Å². The molecule has 0 saturated carbocycles. The zero-order chi connectivity index (χ0) is 25.8. The van der Waals surface area contributed by atoms with Gasteiger partial charge in [0.05, 0.1) is 5.25 Å². The number of anilines is 2. The van der Waals surface area contributed by atoms with E-state index in [0.717, 1.165) is 22.9 Å². The number of hydrogen-bond acceptors (Lipinski definition) is 4. The first-order valence-electron chi connectivity index (χ1n) is 11.6. The van der Waals surface area contributed by atoms with Crippen LogP contribution in [0.25, 0.3) is 0 Å². The van der Waals surface area contributed by atoms with Crippen LogP contribution in [0.4, 0.5) is 15.8 Å². The smallest absolute Gasteiger partial charge is 0.269 e. The van der Waals surface area contributed by atoms with Crippen LogP contribution in [0.1, 0.15) is 36.5 Å². The molecule has 0 radical (unpaired) electrons. The molecule has 182 valence electrons. The Labute approximate surface area is 214 Å². The molecule has 1 heterocycles. The molecule has 7 heteroatoms. The molecule has 0 aliphatic carbocycles. The van der Waals surface area contributed by atoms with Crippen LogP contribution in [0.5, 0.6) is 0 Å². The lowest BCUT2D eigenvalue weighted by Crippen LogP contribution is -2.31. The summed E-state index contributed by atoms with van der Waals surface area (Å²) in [7, 11) is 0. The summed E-state index contributed by atoms with van der Waals surface area (Å²) in [6.45, 7) is 6.09. The molecular formula is C29H26FN3O2S. The van der Waals surface area contributed by atoms with E-state index in [-0.39, 0.29) is 22.9 Å². The Morgan fingerprint density at radius 1 is 1.08 bits per heavy atom. The number of nitrogens with one attached hydrogen (secondary N) is 1. The lowest BCUT2D eigenvalue weighted by atomic mass is 10.0. The summed E-state index contributed by atoms with van der Waals surface area (Å²) in [6, 6.07) is 23.0. The first-order chi connectivity index (χ1) is 17.3. The number of amides is 2. The van der Waals surface area contributed by atoms with E-state index >= 15 is 0 Å². The van der Waals surface area contributed by atoms with Crippen LogP contribution in [-0.4, -0.2) is 17.1 Å². The van der Waals surface area contributed by atoms with Crippen LogP contribution in [-0.2, 0) is 16.0 Å². The molecule has 5 nitrogen and oxygen atoms in total. The van der Waals surface area contributed by atoms with E-state index < -0.39 is 17.0 Å². The minimum atomic E-state index is -0.683. The Bertz CT molecular complexity index is 1360. The third-order valence-electron chi connectivity index (χ3n) is 6.00. The number of hydrogen-bond donors (Lipinski definition) is 1. The second kappa shape index (κ2) is 10.8. The van der Waals surface area contributed by atoms with Crippen molar-refractivity contribution in [2.45, 2.75) is 38.4 Å². The van der Waals surface area contributed by atoms with Crippen LogP contribution in [0.2, 0.25) is 0 Å². The van der Waals surface area contributed by atoms with Crippen molar-refractivity contribution in [2.75, 3.05) is 10.2 Å². The van der Waals surface area contributed by atoms with Gasteiger partial charge in [0.15, 0.2) is 0 Å². The van der Waals surface area contributed by atoms with Crippen molar-refractivity contribution in [1.29, 1.82) is 5.26 Å². The summed E-state index contributed by atoms with van der Waals surface area (Å²) in [5.74, 6) is -0.992. The molecule has 2 amide bonds. The van der Waals surface area contributed by atoms with Crippen molar-refractivity contribution in [2.24, 2.45) is 0 Å². The quantitative estimate of drug-likeness (QED) is 0.318. The van der Waals surface area contributed by atoms with Crippen molar-refractivity contribution in [1.82, 2.24) is 0 Å². The van der Waals surface area contributed by atoms with E-state index in [4.69, 9.17) is 0 Å². The van der Waals surface area contributed by atoms with Crippen molar-refractivity contribution >= 4 is 35.0 Å². The van der Waals surface area contributed by atoms with Crippen molar-refractivity contribution in [3.05, 3.63) is 106 Å². The molecule has 1 atom stereocenters. The lowest BCUT2D eigenvalue weighted by Gasteiger charge is -2.19. The molecule has 1 aliphatic rings. The highest BCUT2D eigenvalue weighted by Crippen LogP contribution is 2.42. The average Bonchev–Trinajstić information content (AvgIpc) is 3.17. The third kappa shape index (κ3) is 5.34. The maximum absolute atomic E-state index is 14.4. The maximum Gasteiger partial charge on any atom is 0.269 e. The summed E-state index contributed by atoms with van der Waals surface area (Å²) < 4.78 is 14.4. The van der Waals surface area contributed by atoms with Gasteiger partial charge in [-0.3, -0.25) is 14.5 Å². The second-order valence-corrected chi connectivity index (χ2v) is 10.1. The Morgan fingerprint density at radius 2 is 1.75 bits per heavy atom. The summed E-state index contributed by atoms with van der Waals surface area (Å²) in [5, 5.41) is 12.3. The Kier molecular flexibility index (Phi) is 7.56. The molecule has 0 spiro atoms. The van der Waals surface area contributed by atoms with E-state index in [2.05, 4.69) is 19.2 Å². The molecule has 3 aromatic rings. The number of rotatable bonds is 6. The van der Waals surface area contributed by atoms with Crippen LogP contribution in [0.15, 0.2) is 83.4 Å². The molecule has 1 N–H and O–H groups in total. The van der Waals surface area contributed by atoms with E-state index in [1.807, 2.05) is 49.4 Å². The highest BCUT2D eigenvalue weighted by atomic mass is 32.2. The fourth-order valence-corrected chi connectivity index (χ4v) is 5.22. The van der Waals surface area contributed by atoms with Gasteiger partial charge in [-0.15, -0.1) is 0 Å². The minimum Gasteiger partial charge on any atom is -0.321 e. The molecule has 1 saturated heterocycles. The number of nitrogens with zero attached hydrogens (tertiary/aromatic N) is 2. The van der Waals surface area contributed by atoms with Gasteiger partial charge in [-0.1, -0.05) is 73.6 Å². The van der Waals surface area contributed by atoms with Gasteiger partial charge in [-0.2, -0.15) is 5.26 Å². The predicted octanol–water partition coefficient (Wildman–Crippen LogP) is 6.32. The van der Waals surface area contributed by atoms with E-state index in [0.29, 0.717) is 22.9 Å². The Hall–Kier alpha value is -3.89. The molecule has 3 aromatic carbocycles. The monoisotopic (exact) mass is 499 g/mol. The standard InChI is InChI=1S/C29H26FN3O2S/c1-18(2)20-10-14-23(15-11-20)33-28(35)26(16-21-6-4-5-7-25(21)30)36-29(33)24(17-31)27(34)32-22-12-8-19(3)9-13-22/h4-15,18,26H,16H2,1-3H3,(H,32,34)/b29-24-. The van der Waals surface area contributed by atoms with E-state index in [1.54, 1.807) is 30.3 Å². The maximum atomic E-state index is 14.4. The van der Waals surface area contributed by atoms with Gasteiger partial charge in [-0.05, 0) is 60.7 Å². The summed E-state index contributed by atoms with van der Waals surface area (Å²) in [5.41, 5.74) is 3.47. The van der Waals surface area contributed by atoms with Crippen molar-refractivity contribution < 1.29 is 14.0 Å². The van der Waals surface area contributed by atoms with E-state index in [1.165, 1.54) is 11.0 Å². The average molecular weight is 500 g/mol. The molecule has 1 fully saturated rings. The molecule has 0 aromatic heterocycles. The van der Waals surface area contributed by atoms with Gasteiger partial charge >= 0.3 is 0 Å². The van der Waals surface area contributed by atoms with Crippen LogP contribution in [0, 0.1) is 24.1 Å². The number of halogens is 1. The number of carbonyl (C=O) groups excluding carboxylic acids is 2. The fraction of sp³-hybridized carbons (Fsp3) is 0.207. The molecule has 1 unspecified atom stereocenters. The number of carbonyl (C=O) groups is 2. The highest BCUT2D eigenvalue weighted by Gasteiger charge is 2.41. The zero-order valence-electron chi connectivity index (χ0n) is 20.3. The van der Waals surface area contributed by atoms with Crippen molar-refractivity contribution in [3.8, 4) is 6.07 Å². The minimum absolute atomic E-state index is 0.137. The molecular weight excluding hydrogens is 473 g/mol. The zero-order valence-corrected chi connectivity index (χ0v) is 21.1. The van der Waals surface area contributed by atoms with Gasteiger partial charge < -0.3 is 5.32 Å². The van der Waals surface area contributed by atoms with Gasteiger partial charge in [0.1, 0.15) is 22.5 Å². The number of thioether (sulfide) groups is 1. The van der Waals surface area contributed by atoms with Gasteiger partial charge in [0.25, 0.3) is 5.91 Å². The Balaban J connectivity index is 1.73. The van der Waals surface area contributed by atoms with Crippen molar-refractivity contribution in [3.63, 3.8) is 0 Å². The van der Waals surface area contributed by atoms with Gasteiger partial charge in [0, 0.05) is 11.4 Å². The fourth-order valence-electron chi connectivity index (χ4n) is 3.92. The largest absolute Gasteiger partial charge is 0.321 e. The SMILES string of the molecule is Cc1ccc(NC(=O)/C(C#N)=C2\SC(Cc3ccccc3F)C(=O)N2c2ccc(C(C)C)cc2)cc1. The van der Waals surface area contributed by atoms with E-state index in [9.17, 15) is 19.2 Å². The molecule has 0 bridgehead atoms. The number of benzene rings is 3. The number of aryl methyl sites for hydroxylation is 1. The normalized spacial score (nSPS) is 16.7. The summed E-state index contributed by atoms with van der Waals surface area (Å²) in [4.78, 5) is 28.2. The van der Waals surface area contributed by atoms with Gasteiger partial charge in [0.2, 0.25) is 5.91 Å². The van der Waals surface area contributed by atoms with Gasteiger partial charge in [-0.25, -0.2) is 4.39 Å². The first-order valence-corrected chi connectivity index (χ1v) is 12.5. The summed E-state index contributed by atoms with van der Waals surface area (Å²) in [6.07, 6.45) is 0.137. The highest BCUT2D eigenvalue weighted by molar-refractivity contribution is 8.05. The topological polar surface area (TPSA) is 73.2 Å². The molecule has 4 rings (SSSR count). The van der Waals surface area contributed by atoms with Crippen LogP contribution < -0.4 is 10.2 Å². The lowest BCUT2D eigenvalue weighted by molar-refractivity contribution is -0.117. The Morgan fingerprint density at radius 3 is 2.36 bits per heavy atom. The second-order valence-electron chi connectivity index (χ2n) is 8.93. The third-order valence-corrected chi connectivity index (χ3v) is 7.26. The first kappa shape index (κ1) is 25.2. The molecule has 1 aliphatic heterocycles. The molecule has 36 heavy (non-hydrogen) atoms. The summed E-state index contributed by atoms with van der Waals surface area (Å²) >= 11 is 1.12. The predicted molar refractivity (Wildman–Crippen MR) is 142 cm³/mol. The van der Waals surface area contributed by atoms with Crippen LogP contribution in [0.3, 0.4) is 0 Å². The number of nitriles is 1.